The molecule has 3 unspecified atom stereocenters. The van der Waals surface area contributed by atoms with Crippen LogP contribution in [-0.2, 0) is 9.47 Å². The third kappa shape index (κ3) is 7.41. The molecule has 180 valence electrons. The first-order valence-electron chi connectivity index (χ1n) is 12.7. The molecule has 0 spiro atoms. The molecule has 4 heteroatoms. The van der Waals surface area contributed by atoms with E-state index >= 15 is 0 Å². The van der Waals surface area contributed by atoms with Crippen LogP contribution in [0.25, 0.3) is 0 Å². The van der Waals surface area contributed by atoms with Gasteiger partial charge < -0.3 is 14.2 Å². The molecule has 0 aromatic heterocycles. The number of benzene rings is 2. The van der Waals surface area contributed by atoms with Gasteiger partial charge in [-0.25, -0.2) is 0 Å². The number of hydrogen-bond acceptors (Lipinski definition) is 4. The molecule has 3 atom stereocenters. The van der Waals surface area contributed by atoms with Gasteiger partial charge in [0.2, 0.25) is 0 Å². The molecule has 2 aromatic carbocycles. The Morgan fingerprint density at radius 3 is 2.42 bits per heavy atom. The van der Waals surface area contributed by atoms with E-state index < -0.39 is 0 Å². The summed E-state index contributed by atoms with van der Waals surface area (Å²) in [5.41, 5.74) is 1.72. The van der Waals surface area contributed by atoms with Gasteiger partial charge in [0.1, 0.15) is 5.75 Å². The second-order valence-corrected chi connectivity index (χ2v) is 9.12. The molecule has 0 aliphatic carbocycles. The molecule has 1 aliphatic rings. The summed E-state index contributed by atoms with van der Waals surface area (Å²) in [4.78, 5) is 12.8. The zero-order valence-electron chi connectivity index (χ0n) is 20.6. The molecule has 2 aromatic rings. The number of Topliss-reactive ketones (excluding diaryl/α,β-unsaturated/α-hetero) is 1. The number of hydrogen-bond donors (Lipinski definition) is 0. The maximum absolute atomic E-state index is 12.8. The van der Waals surface area contributed by atoms with Gasteiger partial charge in [-0.1, -0.05) is 50.6 Å². The lowest BCUT2D eigenvalue weighted by Gasteiger charge is -2.45. The average molecular weight is 453 g/mol. The molecule has 1 aliphatic heterocycles. The van der Waals surface area contributed by atoms with E-state index in [1.165, 1.54) is 5.56 Å². The van der Waals surface area contributed by atoms with E-state index in [0.29, 0.717) is 19.6 Å². The third-order valence-corrected chi connectivity index (χ3v) is 6.43. The van der Waals surface area contributed by atoms with Gasteiger partial charge in [-0.05, 0) is 62.4 Å². The lowest BCUT2D eigenvalue weighted by molar-refractivity contribution is -0.182. The van der Waals surface area contributed by atoms with Gasteiger partial charge in [-0.15, -0.1) is 0 Å². The zero-order chi connectivity index (χ0) is 23.5. The summed E-state index contributed by atoms with van der Waals surface area (Å²) in [6.45, 7) is 7.76. The highest BCUT2D eigenvalue weighted by Gasteiger charge is 2.41. The lowest BCUT2D eigenvalue weighted by atomic mass is 9.80. The molecule has 0 saturated carbocycles. The fourth-order valence-electron chi connectivity index (χ4n) is 4.94. The standard InChI is InChI=1S/C29H40O4/c1-4-18-29(19-10-13-27(30)23-14-16-25(17-15-23)32-20-5-2)22-26(31-6-3)21-28(33-29)24-11-8-7-9-12-24/h7-9,11-12,14-17,26,28H,4-6,10,13,18-22H2,1-3H3. The summed E-state index contributed by atoms with van der Waals surface area (Å²) in [6.07, 6.45) is 7.22. The fourth-order valence-corrected chi connectivity index (χ4v) is 4.94. The molecule has 1 saturated heterocycles. The van der Waals surface area contributed by atoms with E-state index in [1.54, 1.807) is 0 Å². The highest BCUT2D eigenvalue weighted by Crippen LogP contribution is 2.43. The van der Waals surface area contributed by atoms with Crippen molar-refractivity contribution in [1.29, 1.82) is 0 Å². The smallest absolute Gasteiger partial charge is 0.162 e. The fraction of sp³-hybridized carbons (Fsp3) is 0.552. The SMILES string of the molecule is CCCOc1ccc(C(=O)CCCC2(CCC)CC(OCC)CC(c3ccccc3)O2)cc1. The monoisotopic (exact) mass is 452 g/mol. The van der Waals surface area contributed by atoms with Crippen LogP contribution in [0.15, 0.2) is 54.6 Å². The Labute approximate surface area is 199 Å². The Kier molecular flexibility index (Phi) is 9.95. The van der Waals surface area contributed by atoms with Crippen molar-refractivity contribution < 1.29 is 19.0 Å². The average Bonchev–Trinajstić information content (AvgIpc) is 2.84. The van der Waals surface area contributed by atoms with E-state index in [2.05, 4.69) is 45.0 Å². The summed E-state index contributed by atoms with van der Waals surface area (Å²) in [5, 5.41) is 0. The number of rotatable bonds is 13. The predicted molar refractivity (Wildman–Crippen MR) is 133 cm³/mol. The molecule has 4 nitrogen and oxygen atoms in total. The molecule has 3 rings (SSSR count). The van der Waals surface area contributed by atoms with Gasteiger partial charge in [-0.3, -0.25) is 4.79 Å². The van der Waals surface area contributed by atoms with Crippen molar-refractivity contribution in [3.63, 3.8) is 0 Å². The van der Waals surface area contributed by atoms with Gasteiger partial charge in [-0.2, -0.15) is 0 Å². The van der Waals surface area contributed by atoms with E-state index in [1.807, 2.05) is 30.3 Å². The van der Waals surface area contributed by atoms with Gasteiger partial charge in [0.05, 0.1) is 24.4 Å². The highest BCUT2D eigenvalue weighted by molar-refractivity contribution is 5.96. The van der Waals surface area contributed by atoms with E-state index in [-0.39, 0.29) is 23.6 Å². The molecule has 0 amide bonds. The molecular formula is C29H40O4. The van der Waals surface area contributed by atoms with Crippen molar-refractivity contribution in [2.75, 3.05) is 13.2 Å². The Morgan fingerprint density at radius 1 is 1.00 bits per heavy atom. The minimum atomic E-state index is -0.245. The summed E-state index contributed by atoms with van der Waals surface area (Å²) in [6, 6.07) is 18.0. The van der Waals surface area contributed by atoms with Crippen LogP contribution in [0.5, 0.6) is 5.75 Å². The largest absolute Gasteiger partial charge is 0.494 e. The van der Waals surface area contributed by atoms with Gasteiger partial charge in [0, 0.05) is 31.4 Å². The van der Waals surface area contributed by atoms with Crippen LogP contribution in [0, 0.1) is 0 Å². The van der Waals surface area contributed by atoms with Crippen LogP contribution in [0.2, 0.25) is 0 Å². The number of ether oxygens (including phenoxy) is 3. The van der Waals surface area contributed by atoms with Crippen LogP contribution in [0.4, 0.5) is 0 Å². The van der Waals surface area contributed by atoms with Gasteiger partial charge >= 0.3 is 0 Å². The first kappa shape index (κ1) is 25.5. The number of ketones is 1. The van der Waals surface area contributed by atoms with Crippen LogP contribution < -0.4 is 4.74 Å². The summed E-state index contributed by atoms with van der Waals surface area (Å²) < 4.78 is 18.6. The van der Waals surface area contributed by atoms with Crippen molar-refractivity contribution in [1.82, 2.24) is 0 Å². The molecule has 1 heterocycles. The maximum Gasteiger partial charge on any atom is 0.162 e. The third-order valence-electron chi connectivity index (χ3n) is 6.43. The van der Waals surface area contributed by atoms with Crippen LogP contribution in [0.3, 0.4) is 0 Å². The maximum atomic E-state index is 12.8. The second kappa shape index (κ2) is 12.9. The first-order valence-corrected chi connectivity index (χ1v) is 12.7. The predicted octanol–water partition coefficient (Wildman–Crippen LogP) is 7.32. The molecule has 0 radical (unpaired) electrons. The molecule has 33 heavy (non-hydrogen) atoms. The topological polar surface area (TPSA) is 44.8 Å². The summed E-state index contributed by atoms with van der Waals surface area (Å²) >= 11 is 0. The Morgan fingerprint density at radius 2 is 1.76 bits per heavy atom. The lowest BCUT2D eigenvalue weighted by Crippen LogP contribution is -2.44. The first-order chi connectivity index (χ1) is 16.1. The Hall–Kier alpha value is -2.17. The minimum absolute atomic E-state index is 0.0365. The van der Waals surface area contributed by atoms with Crippen molar-refractivity contribution in [2.45, 2.75) is 89.9 Å². The molecule has 0 N–H and O–H groups in total. The van der Waals surface area contributed by atoms with Crippen molar-refractivity contribution in [3.05, 3.63) is 65.7 Å². The summed E-state index contributed by atoms with van der Waals surface area (Å²) in [7, 11) is 0. The Balaban J connectivity index is 1.64. The molecular weight excluding hydrogens is 412 g/mol. The number of carbonyl (C=O) groups is 1. The van der Waals surface area contributed by atoms with Crippen molar-refractivity contribution >= 4 is 5.78 Å². The van der Waals surface area contributed by atoms with Crippen molar-refractivity contribution in [2.24, 2.45) is 0 Å². The van der Waals surface area contributed by atoms with E-state index in [9.17, 15) is 4.79 Å². The second-order valence-electron chi connectivity index (χ2n) is 9.12. The van der Waals surface area contributed by atoms with E-state index in [0.717, 1.165) is 56.3 Å². The Bertz CT molecular complexity index is 832. The summed E-state index contributed by atoms with van der Waals surface area (Å²) in [5.74, 6) is 1.00. The van der Waals surface area contributed by atoms with Crippen LogP contribution in [-0.4, -0.2) is 30.7 Å². The van der Waals surface area contributed by atoms with Gasteiger partial charge in [0.15, 0.2) is 5.78 Å². The normalized spacial score (nSPS) is 22.8. The highest BCUT2D eigenvalue weighted by atomic mass is 16.5. The van der Waals surface area contributed by atoms with Crippen LogP contribution in [0.1, 0.15) is 94.2 Å². The quantitative estimate of drug-likeness (QED) is 0.299. The minimum Gasteiger partial charge on any atom is -0.494 e. The zero-order valence-corrected chi connectivity index (χ0v) is 20.6. The number of carbonyl (C=O) groups excluding carboxylic acids is 1. The van der Waals surface area contributed by atoms with Crippen LogP contribution >= 0.6 is 0 Å². The van der Waals surface area contributed by atoms with Crippen molar-refractivity contribution in [3.8, 4) is 5.75 Å². The van der Waals surface area contributed by atoms with E-state index in [4.69, 9.17) is 14.2 Å². The molecule has 1 fully saturated rings. The van der Waals surface area contributed by atoms with Gasteiger partial charge in [0.25, 0.3) is 0 Å². The molecule has 0 bridgehead atoms.